The van der Waals surface area contributed by atoms with E-state index in [1.165, 1.54) is 0 Å². The Kier molecular flexibility index (Phi) is 13.3. The van der Waals surface area contributed by atoms with Gasteiger partial charge in [0.1, 0.15) is 6.61 Å². The third kappa shape index (κ3) is 14.9. The zero-order valence-corrected chi connectivity index (χ0v) is 18.4. The average Bonchev–Trinajstić information content (AvgIpc) is 2.78. The predicted octanol–water partition coefficient (Wildman–Crippen LogP) is 1.41. The molecular formula is C22H31N3O8. The summed E-state index contributed by atoms with van der Waals surface area (Å²) in [7, 11) is 0. The fourth-order valence-corrected chi connectivity index (χ4v) is 2.77. The molecule has 33 heavy (non-hydrogen) atoms. The fourth-order valence-electron chi connectivity index (χ4n) is 2.77. The number of nitrogens with one attached hydrogen (secondary N) is 3. The van der Waals surface area contributed by atoms with Crippen LogP contribution in [0.15, 0.2) is 30.3 Å². The van der Waals surface area contributed by atoms with Crippen LogP contribution in [0.5, 0.6) is 0 Å². The number of unbranched alkanes of at least 4 members (excludes halogenated alkanes) is 1. The van der Waals surface area contributed by atoms with E-state index in [1.54, 1.807) is 0 Å². The lowest BCUT2D eigenvalue weighted by Crippen LogP contribution is -2.43. The van der Waals surface area contributed by atoms with Crippen LogP contribution in [0.2, 0.25) is 0 Å². The van der Waals surface area contributed by atoms with Crippen LogP contribution in [0.25, 0.3) is 0 Å². The molecule has 0 saturated carbocycles. The van der Waals surface area contributed by atoms with Gasteiger partial charge < -0.3 is 30.9 Å². The molecule has 3 amide bonds. The molecular weight excluding hydrogens is 434 g/mol. The number of hydrogen-bond acceptors (Lipinski definition) is 6. The Hall–Kier alpha value is -3.63. The summed E-state index contributed by atoms with van der Waals surface area (Å²) in [5.74, 6) is -3.08. The topological polar surface area (TPSA) is 171 Å². The highest BCUT2D eigenvalue weighted by atomic mass is 16.5. The Morgan fingerprint density at radius 2 is 1.45 bits per heavy atom. The maximum Gasteiger partial charge on any atom is 0.407 e. The molecule has 1 aromatic carbocycles. The summed E-state index contributed by atoms with van der Waals surface area (Å²) < 4.78 is 5.12. The highest BCUT2D eigenvalue weighted by molar-refractivity contribution is 5.81. The quantitative estimate of drug-likeness (QED) is 0.228. The number of rotatable bonds is 16. The summed E-state index contributed by atoms with van der Waals surface area (Å²) in [4.78, 5) is 56.6. The second kappa shape index (κ2) is 16.1. The van der Waals surface area contributed by atoms with Crippen LogP contribution in [0.3, 0.4) is 0 Å². The minimum atomic E-state index is -1.09. The van der Waals surface area contributed by atoms with Gasteiger partial charge in [0.15, 0.2) is 0 Å². The monoisotopic (exact) mass is 465 g/mol. The third-order valence-corrected chi connectivity index (χ3v) is 4.50. The Morgan fingerprint density at radius 3 is 2.09 bits per heavy atom. The van der Waals surface area contributed by atoms with Crippen molar-refractivity contribution in [2.45, 2.75) is 57.6 Å². The third-order valence-electron chi connectivity index (χ3n) is 4.50. The van der Waals surface area contributed by atoms with E-state index in [0.717, 1.165) is 5.56 Å². The lowest BCUT2D eigenvalue weighted by molar-refractivity contribution is -0.139. The van der Waals surface area contributed by atoms with E-state index in [9.17, 15) is 24.0 Å². The van der Waals surface area contributed by atoms with Crippen LogP contribution in [0.1, 0.15) is 50.5 Å². The summed E-state index contributed by atoms with van der Waals surface area (Å²) in [6.07, 6.45) is 0.161. The number of ether oxygens (including phenoxy) is 1. The van der Waals surface area contributed by atoms with E-state index in [4.69, 9.17) is 14.9 Å². The molecule has 1 aromatic rings. The molecule has 0 heterocycles. The van der Waals surface area contributed by atoms with Gasteiger partial charge >= 0.3 is 18.0 Å². The van der Waals surface area contributed by atoms with E-state index in [1.807, 2.05) is 30.3 Å². The van der Waals surface area contributed by atoms with Crippen molar-refractivity contribution in [3.63, 3.8) is 0 Å². The van der Waals surface area contributed by atoms with Crippen LogP contribution < -0.4 is 16.0 Å². The van der Waals surface area contributed by atoms with Crippen LogP contribution >= 0.6 is 0 Å². The Labute approximate surface area is 191 Å². The van der Waals surface area contributed by atoms with Crippen LogP contribution in [0, 0.1) is 0 Å². The lowest BCUT2D eigenvalue weighted by atomic mass is 10.1. The number of alkyl carbamates (subject to hydrolysis) is 1. The van der Waals surface area contributed by atoms with Crippen molar-refractivity contribution in [1.29, 1.82) is 0 Å². The molecule has 0 radical (unpaired) electrons. The van der Waals surface area contributed by atoms with Crippen molar-refractivity contribution in [3.05, 3.63) is 35.9 Å². The van der Waals surface area contributed by atoms with Crippen molar-refractivity contribution in [1.82, 2.24) is 16.0 Å². The minimum absolute atomic E-state index is 0.0871. The molecule has 0 aliphatic heterocycles. The molecule has 0 aliphatic carbocycles. The second-order valence-corrected chi connectivity index (χ2v) is 7.34. The molecule has 5 N–H and O–H groups in total. The maximum absolute atomic E-state index is 11.9. The van der Waals surface area contributed by atoms with Gasteiger partial charge in [-0.15, -0.1) is 0 Å². The number of carboxylic acids is 2. The number of benzene rings is 1. The van der Waals surface area contributed by atoms with Crippen LogP contribution in [-0.4, -0.2) is 59.2 Å². The molecule has 11 heteroatoms. The largest absolute Gasteiger partial charge is 0.481 e. The molecule has 11 nitrogen and oxygen atoms in total. The average molecular weight is 466 g/mol. The molecule has 0 saturated heterocycles. The Bertz CT molecular complexity index is 785. The van der Waals surface area contributed by atoms with Gasteiger partial charge in [0, 0.05) is 32.0 Å². The standard InChI is InChI=1S/C22H31N3O8/c26-18(9-11-20(28)29)24-14-17(25-19(27)10-12-21(30)31)8-4-5-13-23-22(32)33-15-16-6-2-1-3-7-16/h1-3,6-7,17H,4-5,8-15H2,(H,23,32)(H,24,26)(H,25,27)(H,28,29)(H,30,31)/t17-/m1/s1. The molecule has 0 aromatic heterocycles. The summed E-state index contributed by atoms with van der Waals surface area (Å²) >= 11 is 0. The van der Waals surface area contributed by atoms with Gasteiger partial charge in [-0.2, -0.15) is 0 Å². The number of carboxylic acid groups (broad SMARTS) is 2. The summed E-state index contributed by atoms with van der Waals surface area (Å²) in [5, 5.41) is 25.2. The molecule has 0 spiro atoms. The number of aliphatic carboxylic acids is 2. The Balaban J connectivity index is 2.34. The maximum atomic E-state index is 11.9. The molecule has 0 bridgehead atoms. The van der Waals surface area contributed by atoms with Gasteiger partial charge in [0.25, 0.3) is 0 Å². The molecule has 0 unspecified atom stereocenters. The van der Waals surface area contributed by atoms with E-state index >= 15 is 0 Å². The summed E-state index contributed by atoms with van der Waals surface area (Å²) in [6, 6.07) is 8.80. The van der Waals surface area contributed by atoms with Gasteiger partial charge in [0.2, 0.25) is 11.8 Å². The summed E-state index contributed by atoms with van der Waals surface area (Å²) in [5.41, 5.74) is 0.875. The van der Waals surface area contributed by atoms with Gasteiger partial charge in [0.05, 0.1) is 12.8 Å². The van der Waals surface area contributed by atoms with Crippen molar-refractivity contribution in [2.24, 2.45) is 0 Å². The summed E-state index contributed by atoms with van der Waals surface area (Å²) in [6.45, 7) is 0.612. The van der Waals surface area contributed by atoms with Gasteiger partial charge in [-0.1, -0.05) is 30.3 Å². The number of carbonyl (C=O) groups excluding carboxylic acids is 3. The first kappa shape index (κ1) is 27.4. The van der Waals surface area contributed by atoms with E-state index in [2.05, 4.69) is 16.0 Å². The number of amides is 3. The first-order chi connectivity index (χ1) is 15.8. The van der Waals surface area contributed by atoms with Gasteiger partial charge in [-0.25, -0.2) is 4.79 Å². The molecule has 1 rings (SSSR count). The van der Waals surface area contributed by atoms with Gasteiger partial charge in [-0.3, -0.25) is 19.2 Å². The first-order valence-corrected chi connectivity index (χ1v) is 10.7. The highest BCUT2D eigenvalue weighted by Crippen LogP contribution is 2.03. The Morgan fingerprint density at radius 1 is 0.818 bits per heavy atom. The smallest absolute Gasteiger partial charge is 0.407 e. The van der Waals surface area contributed by atoms with Crippen molar-refractivity contribution < 1.29 is 38.9 Å². The predicted molar refractivity (Wildman–Crippen MR) is 117 cm³/mol. The van der Waals surface area contributed by atoms with Crippen LogP contribution in [0.4, 0.5) is 4.79 Å². The normalized spacial score (nSPS) is 11.2. The van der Waals surface area contributed by atoms with Crippen molar-refractivity contribution >= 4 is 29.8 Å². The highest BCUT2D eigenvalue weighted by Gasteiger charge is 2.15. The minimum Gasteiger partial charge on any atom is -0.481 e. The lowest BCUT2D eigenvalue weighted by Gasteiger charge is -2.19. The first-order valence-electron chi connectivity index (χ1n) is 10.7. The molecule has 0 fully saturated rings. The zero-order valence-electron chi connectivity index (χ0n) is 18.4. The van der Waals surface area contributed by atoms with E-state index < -0.39 is 35.9 Å². The number of carbonyl (C=O) groups is 5. The number of hydrogen-bond donors (Lipinski definition) is 5. The van der Waals surface area contributed by atoms with E-state index in [-0.39, 0.29) is 38.8 Å². The molecule has 0 aliphatic rings. The second-order valence-electron chi connectivity index (χ2n) is 7.34. The van der Waals surface area contributed by atoms with Crippen molar-refractivity contribution in [2.75, 3.05) is 13.1 Å². The molecule has 1 atom stereocenters. The van der Waals surface area contributed by atoms with E-state index in [0.29, 0.717) is 25.8 Å². The van der Waals surface area contributed by atoms with Gasteiger partial charge in [-0.05, 0) is 24.8 Å². The SMILES string of the molecule is O=C(O)CCC(=O)NC[C@@H](CCCCNC(=O)OCc1ccccc1)NC(=O)CCC(=O)O. The zero-order chi connectivity index (χ0) is 24.5. The fraction of sp³-hybridized carbons (Fsp3) is 0.500. The van der Waals surface area contributed by atoms with Crippen molar-refractivity contribution in [3.8, 4) is 0 Å². The molecule has 182 valence electrons. The van der Waals surface area contributed by atoms with Crippen LogP contribution in [-0.2, 0) is 30.5 Å².